The van der Waals surface area contributed by atoms with Crippen LogP contribution in [0.25, 0.3) is 0 Å². The molecular formula is C14H25NO2. The molecule has 0 bridgehead atoms. The first-order chi connectivity index (χ1) is 8.36. The lowest BCUT2D eigenvalue weighted by molar-refractivity contribution is -0.126. The van der Waals surface area contributed by atoms with E-state index in [1.807, 2.05) is 0 Å². The second-order valence-electron chi connectivity index (χ2n) is 4.17. The van der Waals surface area contributed by atoms with Gasteiger partial charge in [-0.2, -0.15) is 0 Å². The smallest absolute Gasteiger partial charge is 0.292 e. The van der Waals surface area contributed by atoms with E-state index in [1.54, 1.807) is 0 Å². The molecule has 1 aliphatic rings. The Morgan fingerprint density at radius 3 is 2.65 bits per heavy atom. The first kappa shape index (κ1) is 13.7. The summed E-state index contributed by atoms with van der Waals surface area (Å²) in [5.41, 5.74) is 1.46. The maximum atomic E-state index is 8.95. The highest BCUT2D eigenvalue weighted by Gasteiger charge is 2.12. The summed E-state index contributed by atoms with van der Waals surface area (Å²) >= 11 is 0. The molecule has 3 heteroatoms. The Kier molecular flexibility index (Phi) is 7.07. The Labute approximate surface area is 106 Å². The largest absolute Gasteiger partial charge is 0.471 e. The molecule has 0 aromatic heterocycles. The SMILES string of the molecule is COC=O.[HH].[HH].c1ccc(CC2CCCCN2)cc1. The van der Waals surface area contributed by atoms with Crippen LogP contribution in [0.5, 0.6) is 0 Å². The second kappa shape index (κ2) is 8.76. The number of ether oxygens (including phenoxy) is 1. The molecule has 0 amide bonds. The lowest BCUT2D eigenvalue weighted by Gasteiger charge is -2.23. The highest BCUT2D eigenvalue weighted by atomic mass is 16.5. The number of hydrogen-bond acceptors (Lipinski definition) is 3. The van der Waals surface area contributed by atoms with Gasteiger partial charge in [0.15, 0.2) is 0 Å². The Balaban J connectivity index is 0. The summed E-state index contributed by atoms with van der Waals surface area (Å²) < 4.78 is 3.86. The van der Waals surface area contributed by atoms with Crippen LogP contribution in [0.3, 0.4) is 0 Å². The van der Waals surface area contributed by atoms with Crippen molar-refractivity contribution in [3.05, 3.63) is 35.9 Å². The molecule has 0 aliphatic carbocycles. The Morgan fingerprint density at radius 1 is 1.41 bits per heavy atom. The predicted octanol–water partition coefficient (Wildman–Crippen LogP) is 2.65. The molecule has 1 unspecified atom stereocenters. The number of hydrogen-bond donors (Lipinski definition) is 1. The predicted molar refractivity (Wildman–Crippen MR) is 73.1 cm³/mol. The maximum Gasteiger partial charge on any atom is 0.292 e. The van der Waals surface area contributed by atoms with E-state index in [2.05, 4.69) is 40.4 Å². The molecule has 1 fully saturated rings. The van der Waals surface area contributed by atoms with Crippen LogP contribution < -0.4 is 5.32 Å². The Morgan fingerprint density at radius 2 is 2.12 bits per heavy atom. The van der Waals surface area contributed by atoms with Gasteiger partial charge in [-0.3, -0.25) is 4.79 Å². The van der Waals surface area contributed by atoms with E-state index in [-0.39, 0.29) is 2.85 Å². The van der Waals surface area contributed by atoms with E-state index < -0.39 is 0 Å². The third kappa shape index (κ3) is 6.07. The maximum absolute atomic E-state index is 8.95. The standard InChI is InChI=1S/C12H17N.C2H4O2.2H2/c1-2-6-11(7-3-1)10-12-8-4-5-9-13-12;1-4-2-3;;/h1-3,6-7,12-13H,4-5,8-10H2;2H,1H3;2*1H. The van der Waals surface area contributed by atoms with E-state index >= 15 is 0 Å². The average Bonchev–Trinajstić information content (AvgIpc) is 2.41. The zero-order chi connectivity index (χ0) is 12.3. The molecular weight excluding hydrogens is 214 g/mol. The summed E-state index contributed by atoms with van der Waals surface area (Å²) in [6.07, 6.45) is 5.28. The van der Waals surface area contributed by atoms with Crippen molar-refractivity contribution in [2.24, 2.45) is 0 Å². The van der Waals surface area contributed by atoms with Gasteiger partial charge in [0.25, 0.3) is 6.47 Å². The van der Waals surface area contributed by atoms with Crippen LogP contribution >= 0.6 is 0 Å². The average molecular weight is 239 g/mol. The van der Waals surface area contributed by atoms with E-state index in [1.165, 1.54) is 44.9 Å². The number of carbonyl (C=O) groups is 1. The van der Waals surface area contributed by atoms with Crippen LogP contribution in [-0.2, 0) is 16.0 Å². The molecule has 1 saturated heterocycles. The number of carbonyl (C=O) groups excluding carboxylic acids is 1. The molecule has 1 atom stereocenters. The van der Waals surface area contributed by atoms with Crippen LogP contribution in [0.15, 0.2) is 30.3 Å². The van der Waals surface area contributed by atoms with Crippen molar-refractivity contribution in [2.75, 3.05) is 13.7 Å². The van der Waals surface area contributed by atoms with E-state index in [4.69, 9.17) is 4.79 Å². The van der Waals surface area contributed by atoms with Crippen LogP contribution in [0.1, 0.15) is 27.7 Å². The third-order valence-corrected chi connectivity index (χ3v) is 2.83. The fourth-order valence-corrected chi connectivity index (χ4v) is 2.00. The molecule has 17 heavy (non-hydrogen) atoms. The minimum atomic E-state index is 0. The quantitative estimate of drug-likeness (QED) is 0.824. The lowest BCUT2D eigenvalue weighted by atomic mass is 9.98. The monoisotopic (exact) mass is 239 g/mol. The summed E-state index contributed by atoms with van der Waals surface area (Å²) in [7, 11) is 1.31. The van der Waals surface area contributed by atoms with Gasteiger partial charge in [-0.15, -0.1) is 0 Å². The summed E-state index contributed by atoms with van der Waals surface area (Å²) in [4.78, 5) is 8.95. The van der Waals surface area contributed by atoms with Gasteiger partial charge < -0.3 is 10.1 Å². The van der Waals surface area contributed by atoms with Gasteiger partial charge >= 0.3 is 0 Å². The van der Waals surface area contributed by atoms with Crippen LogP contribution in [0.2, 0.25) is 0 Å². The highest BCUT2D eigenvalue weighted by Crippen LogP contribution is 2.12. The minimum Gasteiger partial charge on any atom is -0.471 e. The molecule has 1 N–H and O–H groups in total. The number of nitrogens with one attached hydrogen (secondary N) is 1. The molecule has 1 heterocycles. The van der Waals surface area contributed by atoms with Crippen molar-refractivity contribution in [1.29, 1.82) is 0 Å². The summed E-state index contributed by atoms with van der Waals surface area (Å²) in [6, 6.07) is 11.5. The molecule has 0 radical (unpaired) electrons. The highest BCUT2D eigenvalue weighted by molar-refractivity contribution is 5.36. The van der Waals surface area contributed by atoms with Crippen molar-refractivity contribution in [2.45, 2.75) is 31.7 Å². The zero-order valence-corrected chi connectivity index (χ0v) is 10.4. The van der Waals surface area contributed by atoms with E-state index in [9.17, 15) is 0 Å². The third-order valence-electron chi connectivity index (χ3n) is 2.83. The first-order valence-electron chi connectivity index (χ1n) is 6.10. The van der Waals surface area contributed by atoms with Crippen molar-refractivity contribution in [1.82, 2.24) is 5.32 Å². The summed E-state index contributed by atoms with van der Waals surface area (Å²) in [5, 5.41) is 3.57. The Hall–Kier alpha value is -1.35. The fourth-order valence-electron chi connectivity index (χ4n) is 2.00. The first-order valence-corrected chi connectivity index (χ1v) is 6.10. The zero-order valence-electron chi connectivity index (χ0n) is 10.4. The number of benzene rings is 1. The van der Waals surface area contributed by atoms with Crippen LogP contribution in [0, 0.1) is 0 Å². The number of methoxy groups -OCH3 is 1. The van der Waals surface area contributed by atoms with Crippen LogP contribution in [-0.4, -0.2) is 26.2 Å². The van der Waals surface area contributed by atoms with Crippen molar-refractivity contribution >= 4 is 6.47 Å². The molecule has 2 rings (SSSR count). The summed E-state index contributed by atoms with van der Waals surface area (Å²) in [6.45, 7) is 1.58. The molecule has 1 aromatic carbocycles. The van der Waals surface area contributed by atoms with Crippen molar-refractivity contribution in [3.63, 3.8) is 0 Å². The van der Waals surface area contributed by atoms with Gasteiger partial charge in [-0.1, -0.05) is 36.8 Å². The van der Waals surface area contributed by atoms with Gasteiger partial charge in [0.1, 0.15) is 0 Å². The van der Waals surface area contributed by atoms with E-state index in [0.717, 1.165) is 6.04 Å². The van der Waals surface area contributed by atoms with Crippen molar-refractivity contribution < 1.29 is 12.4 Å². The number of rotatable bonds is 3. The van der Waals surface area contributed by atoms with Gasteiger partial charge in [-0.05, 0) is 31.4 Å². The minimum absolute atomic E-state index is 0. The lowest BCUT2D eigenvalue weighted by Crippen LogP contribution is -2.35. The molecule has 0 spiro atoms. The molecule has 3 nitrogen and oxygen atoms in total. The van der Waals surface area contributed by atoms with Gasteiger partial charge in [0.2, 0.25) is 0 Å². The van der Waals surface area contributed by atoms with Crippen molar-refractivity contribution in [3.8, 4) is 0 Å². The van der Waals surface area contributed by atoms with Crippen LogP contribution in [0.4, 0.5) is 0 Å². The summed E-state index contributed by atoms with van der Waals surface area (Å²) in [5.74, 6) is 0. The molecule has 1 aromatic rings. The normalized spacial score (nSPS) is 18.8. The number of piperidine rings is 1. The fraction of sp³-hybridized carbons (Fsp3) is 0.500. The van der Waals surface area contributed by atoms with E-state index in [0.29, 0.717) is 6.47 Å². The molecule has 98 valence electrons. The molecule has 0 saturated carbocycles. The Bertz CT molecular complexity index is 304. The van der Waals surface area contributed by atoms with Gasteiger partial charge in [-0.25, -0.2) is 0 Å². The second-order valence-corrected chi connectivity index (χ2v) is 4.17. The molecule has 1 aliphatic heterocycles. The van der Waals surface area contributed by atoms with Gasteiger partial charge in [0, 0.05) is 8.90 Å². The topological polar surface area (TPSA) is 38.3 Å². The van der Waals surface area contributed by atoms with Gasteiger partial charge in [0.05, 0.1) is 7.11 Å².